The van der Waals surface area contributed by atoms with Crippen LogP contribution in [0.4, 0.5) is 17.1 Å². The summed E-state index contributed by atoms with van der Waals surface area (Å²) in [4.78, 5) is 35.0. The van der Waals surface area contributed by atoms with Crippen LogP contribution in [0.25, 0.3) is 0 Å². The van der Waals surface area contributed by atoms with E-state index < -0.39 is 0 Å². The van der Waals surface area contributed by atoms with Crippen LogP contribution < -0.4 is 16.4 Å². The number of piperidine rings is 1. The smallest absolute Gasteiger partial charge is 0.256 e. The Hall–Kier alpha value is -2.81. The normalized spacial score (nSPS) is 23.4. The number of nitrogens with one attached hydrogen (secondary N) is 2. The van der Waals surface area contributed by atoms with Crippen molar-refractivity contribution in [1.29, 1.82) is 0 Å². The maximum absolute atomic E-state index is 13.7. The van der Waals surface area contributed by atoms with Crippen molar-refractivity contribution in [2.75, 3.05) is 49.6 Å². The zero-order chi connectivity index (χ0) is 26.2. The number of pyridine rings is 1. The number of carbonyl (C=O) groups excluding carboxylic acids is 2. The Morgan fingerprint density at radius 2 is 1.75 bits per heavy atom. The lowest BCUT2D eigenvalue weighted by Crippen LogP contribution is -2.43. The average molecular weight is 558 g/mol. The Labute approximate surface area is 222 Å². The van der Waals surface area contributed by atoms with Gasteiger partial charge in [-0.15, -0.1) is 0 Å². The molecule has 2 amide bonds. The number of likely N-dealkylation sites (tertiary alicyclic amines) is 2. The molecule has 2 aliphatic heterocycles. The Kier molecular flexibility index (Phi) is 7.50. The van der Waals surface area contributed by atoms with E-state index in [-0.39, 0.29) is 23.3 Å². The third-order valence-corrected chi connectivity index (χ3v) is 7.80. The summed E-state index contributed by atoms with van der Waals surface area (Å²) in [6, 6.07) is 5.40. The van der Waals surface area contributed by atoms with Crippen molar-refractivity contribution in [2.45, 2.75) is 40.2 Å². The molecule has 4 rings (SSSR count). The number of halogens is 1. The molecule has 1 aromatic carbocycles. The highest BCUT2D eigenvalue weighted by Gasteiger charge is 2.42. The van der Waals surface area contributed by atoms with Gasteiger partial charge >= 0.3 is 0 Å². The summed E-state index contributed by atoms with van der Waals surface area (Å²) in [5.41, 5.74) is 9.29. The van der Waals surface area contributed by atoms with Crippen LogP contribution in [0.3, 0.4) is 0 Å². The van der Waals surface area contributed by atoms with Crippen LogP contribution >= 0.6 is 15.9 Å². The lowest BCUT2D eigenvalue weighted by atomic mass is 9.87. The SMILES string of the molecule is CNc1cncc(C(=O)N2CC(Nc3c(N)cc(Br)cc3C(=O)N3C[C@H](C)C[C@H](C)C3)C(C)(C)C2)c1. The highest BCUT2D eigenvalue weighted by atomic mass is 79.9. The van der Waals surface area contributed by atoms with Crippen molar-refractivity contribution < 1.29 is 9.59 Å². The van der Waals surface area contributed by atoms with Crippen LogP contribution in [0.1, 0.15) is 54.8 Å². The molecule has 4 N–H and O–H groups in total. The molecule has 194 valence electrons. The number of hydrogen-bond donors (Lipinski definition) is 3. The second-order valence-corrected chi connectivity index (χ2v) is 12.1. The van der Waals surface area contributed by atoms with E-state index in [1.165, 1.54) is 0 Å². The fraction of sp³-hybridized carbons (Fsp3) is 0.519. The van der Waals surface area contributed by atoms with Crippen molar-refractivity contribution in [2.24, 2.45) is 17.3 Å². The molecular formula is C27H37BrN6O2. The summed E-state index contributed by atoms with van der Waals surface area (Å²) >= 11 is 3.52. The van der Waals surface area contributed by atoms with Gasteiger partial charge in [-0.25, -0.2) is 0 Å². The zero-order valence-electron chi connectivity index (χ0n) is 21.8. The monoisotopic (exact) mass is 556 g/mol. The van der Waals surface area contributed by atoms with E-state index in [4.69, 9.17) is 5.73 Å². The summed E-state index contributed by atoms with van der Waals surface area (Å²) in [5.74, 6) is 0.849. The average Bonchev–Trinajstić information content (AvgIpc) is 3.12. The third-order valence-electron chi connectivity index (χ3n) is 7.34. The van der Waals surface area contributed by atoms with E-state index in [1.807, 2.05) is 28.0 Å². The van der Waals surface area contributed by atoms with Gasteiger partial charge in [-0.3, -0.25) is 14.6 Å². The van der Waals surface area contributed by atoms with Crippen LogP contribution in [-0.4, -0.2) is 65.9 Å². The minimum Gasteiger partial charge on any atom is -0.397 e. The quantitative estimate of drug-likeness (QED) is 0.467. The highest BCUT2D eigenvalue weighted by Crippen LogP contribution is 2.37. The van der Waals surface area contributed by atoms with Crippen molar-refractivity contribution in [1.82, 2.24) is 14.8 Å². The molecule has 0 bridgehead atoms. The second-order valence-electron chi connectivity index (χ2n) is 11.2. The van der Waals surface area contributed by atoms with Crippen LogP contribution in [0.2, 0.25) is 0 Å². The number of anilines is 3. The predicted octanol–water partition coefficient (Wildman–Crippen LogP) is 4.55. The number of nitrogens with two attached hydrogens (primary N) is 1. The van der Waals surface area contributed by atoms with E-state index in [0.29, 0.717) is 47.4 Å². The molecule has 3 atom stereocenters. The van der Waals surface area contributed by atoms with E-state index >= 15 is 0 Å². The highest BCUT2D eigenvalue weighted by molar-refractivity contribution is 9.10. The fourth-order valence-electron chi connectivity index (χ4n) is 5.54. The Morgan fingerprint density at radius 3 is 2.42 bits per heavy atom. The van der Waals surface area contributed by atoms with Gasteiger partial charge in [-0.05, 0) is 36.5 Å². The Bertz CT molecular complexity index is 1140. The van der Waals surface area contributed by atoms with Gasteiger partial charge in [0.05, 0.1) is 34.2 Å². The molecule has 0 aliphatic carbocycles. The second kappa shape index (κ2) is 10.3. The van der Waals surface area contributed by atoms with Crippen molar-refractivity contribution in [3.63, 3.8) is 0 Å². The summed E-state index contributed by atoms with van der Waals surface area (Å²) < 4.78 is 0.770. The first-order valence-electron chi connectivity index (χ1n) is 12.6. The van der Waals surface area contributed by atoms with Gasteiger partial charge in [0, 0.05) is 55.5 Å². The van der Waals surface area contributed by atoms with Crippen molar-refractivity contribution in [3.05, 3.63) is 46.2 Å². The van der Waals surface area contributed by atoms with Crippen LogP contribution in [0, 0.1) is 17.3 Å². The van der Waals surface area contributed by atoms with E-state index in [0.717, 1.165) is 29.7 Å². The maximum atomic E-state index is 13.7. The number of hydrogen-bond acceptors (Lipinski definition) is 6. The fourth-order valence-corrected chi connectivity index (χ4v) is 6.01. The summed E-state index contributed by atoms with van der Waals surface area (Å²) in [5, 5.41) is 6.61. The molecule has 1 aromatic heterocycles. The first-order valence-corrected chi connectivity index (χ1v) is 13.3. The van der Waals surface area contributed by atoms with Gasteiger partial charge in [0.1, 0.15) is 0 Å². The Balaban J connectivity index is 1.59. The molecule has 2 fully saturated rings. The number of nitrogen functional groups attached to an aromatic ring is 1. The minimum atomic E-state index is -0.238. The molecular weight excluding hydrogens is 520 g/mol. The number of nitrogens with zero attached hydrogens (tertiary/aromatic N) is 3. The molecule has 0 radical (unpaired) electrons. The minimum absolute atomic E-state index is 0.0115. The molecule has 2 aromatic rings. The lowest BCUT2D eigenvalue weighted by Gasteiger charge is -2.36. The predicted molar refractivity (Wildman–Crippen MR) is 148 cm³/mol. The number of carbonyl (C=O) groups is 2. The van der Waals surface area contributed by atoms with E-state index in [9.17, 15) is 9.59 Å². The topological polar surface area (TPSA) is 104 Å². The van der Waals surface area contributed by atoms with Gasteiger partial charge in [0.15, 0.2) is 0 Å². The number of aromatic nitrogens is 1. The standard InChI is InChI=1S/C27H37BrN6O2/c1-16-6-17(2)13-33(12-16)26(36)21-8-19(28)9-22(29)24(21)32-23-14-34(15-27(23,3)4)25(35)18-7-20(30-5)11-31-10-18/h7-11,16-17,23,30,32H,6,12-15,29H2,1-5H3/t16-,17+,23?. The number of rotatable bonds is 5. The molecule has 0 saturated carbocycles. The van der Waals surface area contributed by atoms with Crippen LogP contribution in [-0.2, 0) is 0 Å². The summed E-state index contributed by atoms with van der Waals surface area (Å²) in [6.45, 7) is 11.2. The third kappa shape index (κ3) is 5.45. The molecule has 8 nitrogen and oxygen atoms in total. The Morgan fingerprint density at radius 1 is 1.06 bits per heavy atom. The summed E-state index contributed by atoms with van der Waals surface area (Å²) in [6.07, 6.45) is 4.41. The number of benzene rings is 1. The van der Waals surface area contributed by atoms with Crippen LogP contribution in [0.5, 0.6) is 0 Å². The molecule has 2 aliphatic rings. The molecule has 2 saturated heterocycles. The van der Waals surface area contributed by atoms with Gasteiger partial charge in [-0.2, -0.15) is 0 Å². The van der Waals surface area contributed by atoms with E-state index in [2.05, 4.69) is 59.2 Å². The van der Waals surface area contributed by atoms with Gasteiger partial charge in [-0.1, -0.05) is 43.6 Å². The molecule has 36 heavy (non-hydrogen) atoms. The largest absolute Gasteiger partial charge is 0.397 e. The zero-order valence-corrected chi connectivity index (χ0v) is 23.4. The maximum Gasteiger partial charge on any atom is 0.256 e. The van der Waals surface area contributed by atoms with Gasteiger partial charge in [0.2, 0.25) is 0 Å². The van der Waals surface area contributed by atoms with E-state index in [1.54, 1.807) is 19.4 Å². The van der Waals surface area contributed by atoms with Gasteiger partial charge < -0.3 is 26.2 Å². The first kappa shape index (κ1) is 26.3. The molecule has 9 heteroatoms. The van der Waals surface area contributed by atoms with Crippen molar-refractivity contribution in [3.8, 4) is 0 Å². The lowest BCUT2D eigenvalue weighted by molar-refractivity contribution is 0.0623. The van der Waals surface area contributed by atoms with Gasteiger partial charge in [0.25, 0.3) is 11.8 Å². The first-order chi connectivity index (χ1) is 17.0. The molecule has 0 spiro atoms. The molecule has 1 unspecified atom stereocenters. The summed E-state index contributed by atoms with van der Waals surface area (Å²) in [7, 11) is 1.80. The van der Waals surface area contributed by atoms with Crippen LogP contribution in [0.15, 0.2) is 35.1 Å². The van der Waals surface area contributed by atoms with Crippen molar-refractivity contribution >= 4 is 44.8 Å². The number of amides is 2. The molecule has 3 heterocycles.